The molecule has 0 spiro atoms. The molecule has 1 saturated heterocycles. The van der Waals surface area contributed by atoms with E-state index in [0.29, 0.717) is 12.2 Å². The number of ketones is 1. The van der Waals surface area contributed by atoms with Crippen LogP contribution in [0.15, 0.2) is 17.5 Å². The fraction of sp³-hybridized carbons (Fsp3) is 0.643. The molecular formula is C14H19NOS. The number of hydrogen-bond acceptors (Lipinski definition) is 3. The molecule has 0 N–H and O–H groups in total. The van der Waals surface area contributed by atoms with E-state index in [1.54, 1.807) is 11.3 Å². The van der Waals surface area contributed by atoms with E-state index >= 15 is 0 Å². The first-order valence-electron chi connectivity index (χ1n) is 6.63. The monoisotopic (exact) mass is 249 g/mol. The normalized spacial score (nSPS) is 27.8. The summed E-state index contributed by atoms with van der Waals surface area (Å²) in [4.78, 5) is 15.4. The molecule has 2 heterocycles. The molecule has 0 aromatic carbocycles. The Hall–Kier alpha value is -0.670. The Morgan fingerprint density at radius 2 is 2.41 bits per heavy atom. The zero-order valence-corrected chi connectivity index (χ0v) is 10.9. The van der Waals surface area contributed by atoms with Crippen molar-refractivity contribution >= 4 is 17.1 Å². The van der Waals surface area contributed by atoms with Gasteiger partial charge in [0.25, 0.3) is 0 Å². The lowest BCUT2D eigenvalue weighted by atomic mass is 10.1. The number of carbonyl (C=O) groups excluding carboxylic acids is 1. The van der Waals surface area contributed by atoms with Gasteiger partial charge in [0.15, 0.2) is 5.78 Å². The summed E-state index contributed by atoms with van der Waals surface area (Å²) < 4.78 is 0. The molecule has 2 fully saturated rings. The molecule has 2 aliphatic rings. The second-order valence-corrected chi connectivity index (χ2v) is 6.28. The van der Waals surface area contributed by atoms with Crippen LogP contribution in [0.2, 0.25) is 0 Å². The van der Waals surface area contributed by atoms with Gasteiger partial charge in [0.1, 0.15) is 0 Å². The highest BCUT2D eigenvalue weighted by atomic mass is 32.1. The highest BCUT2D eigenvalue weighted by Crippen LogP contribution is 2.37. The first-order valence-corrected chi connectivity index (χ1v) is 7.51. The van der Waals surface area contributed by atoms with Gasteiger partial charge in [0, 0.05) is 19.0 Å². The Labute approximate surface area is 107 Å². The zero-order chi connectivity index (χ0) is 11.7. The standard InChI is InChI=1S/C14H19NOS/c16-13(14-4-2-8-17-14)3-1-7-15-10-11-5-6-12(15)9-11/h2,4,8,11-12H,1,3,5-7,9-10H2. The van der Waals surface area contributed by atoms with Gasteiger partial charge in [-0.1, -0.05) is 6.07 Å². The smallest absolute Gasteiger partial charge is 0.172 e. The van der Waals surface area contributed by atoms with Gasteiger partial charge in [0.2, 0.25) is 0 Å². The van der Waals surface area contributed by atoms with Gasteiger partial charge in [-0.25, -0.2) is 0 Å². The number of rotatable bonds is 5. The molecule has 1 saturated carbocycles. The summed E-state index contributed by atoms with van der Waals surface area (Å²) in [5, 5.41) is 1.98. The fourth-order valence-corrected chi connectivity index (χ4v) is 4.00. The number of hydrogen-bond donors (Lipinski definition) is 0. The van der Waals surface area contributed by atoms with Crippen molar-refractivity contribution in [1.29, 1.82) is 0 Å². The van der Waals surface area contributed by atoms with Crippen molar-refractivity contribution in [3.63, 3.8) is 0 Å². The van der Waals surface area contributed by atoms with E-state index in [4.69, 9.17) is 0 Å². The lowest BCUT2D eigenvalue weighted by Crippen LogP contribution is -2.33. The van der Waals surface area contributed by atoms with Gasteiger partial charge in [-0.2, -0.15) is 0 Å². The minimum Gasteiger partial charge on any atom is -0.300 e. The number of carbonyl (C=O) groups is 1. The SMILES string of the molecule is O=C(CCCN1CC2CCC1C2)c1cccs1. The summed E-state index contributed by atoms with van der Waals surface area (Å²) in [7, 11) is 0. The molecule has 3 rings (SSSR count). The van der Waals surface area contributed by atoms with E-state index in [-0.39, 0.29) is 0 Å². The number of thiophene rings is 1. The Bertz CT molecular complexity index is 387. The van der Waals surface area contributed by atoms with Gasteiger partial charge in [-0.05, 0) is 49.6 Å². The van der Waals surface area contributed by atoms with E-state index in [1.165, 1.54) is 25.8 Å². The molecule has 2 bridgehead atoms. The Kier molecular flexibility index (Phi) is 3.30. The quantitative estimate of drug-likeness (QED) is 0.747. The molecular weight excluding hydrogens is 230 g/mol. The van der Waals surface area contributed by atoms with Crippen molar-refractivity contribution in [2.24, 2.45) is 5.92 Å². The first kappa shape index (κ1) is 11.4. The molecule has 2 nitrogen and oxygen atoms in total. The second-order valence-electron chi connectivity index (χ2n) is 5.33. The maximum Gasteiger partial charge on any atom is 0.172 e. The predicted octanol–water partition coefficient (Wildman–Crippen LogP) is 3.20. The fourth-order valence-electron chi connectivity index (χ4n) is 3.30. The lowest BCUT2D eigenvalue weighted by Gasteiger charge is -2.26. The van der Waals surface area contributed by atoms with E-state index in [9.17, 15) is 4.79 Å². The van der Waals surface area contributed by atoms with Crippen molar-refractivity contribution in [3.05, 3.63) is 22.4 Å². The van der Waals surface area contributed by atoms with Crippen LogP contribution < -0.4 is 0 Å². The maximum absolute atomic E-state index is 11.8. The predicted molar refractivity (Wildman–Crippen MR) is 70.6 cm³/mol. The van der Waals surface area contributed by atoms with E-state index in [0.717, 1.165) is 29.8 Å². The van der Waals surface area contributed by atoms with Crippen molar-refractivity contribution in [2.75, 3.05) is 13.1 Å². The molecule has 1 aliphatic carbocycles. The average molecular weight is 249 g/mol. The number of likely N-dealkylation sites (tertiary alicyclic amines) is 1. The van der Waals surface area contributed by atoms with Gasteiger partial charge in [-0.15, -0.1) is 11.3 Å². The van der Waals surface area contributed by atoms with Gasteiger partial charge in [0.05, 0.1) is 4.88 Å². The van der Waals surface area contributed by atoms with Crippen LogP contribution in [0, 0.1) is 5.92 Å². The van der Waals surface area contributed by atoms with Crippen molar-refractivity contribution < 1.29 is 4.79 Å². The summed E-state index contributed by atoms with van der Waals surface area (Å²) in [6.07, 6.45) is 5.99. The molecule has 2 atom stereocenters. The maximum atomic E-state index is 11.8. The minimum atomic E-state index is 0.323. The molecule has 1 aromatic heterocycles. The molecule has 0 amide bonds. The number of fused-ring (bicyclic) bond motifs is 2. The molecule has 2 unspecified atom stereocenters. The number of Topliss-reactive ketones (excluding diaryl/α,β-unsaturated/α-hetero) is 1. The van der Waals surface area contributed by atoms with Crippen LogP contribution in [0.3, 0.4) is 0 Å². The number of nitrogens with zero attached hydrogens (tertiary/aromatic N) is 1. The first-order chi connectivity index (χ1) is 8.33. The topological polar surface area (TPSA) is 20.3 Å². The molecule has 3 heteroatoms. The van der Waals surface area contributed by atoms with E-state index in [1.807, 2.05) is 17.5 Å². The van der Waals surface area contributed by atoms with Gasteiger partial charge in [-0.3, -0.25) is 4.79 Å². The molecule has 0 radical (unpaired) electrons. The van der Waals surface area contributed by atoms with Crippen molar-refractivity contribution in [1.82, 2.24) is 4.90 Å². The van der Waals surface area contributed by atoms with Crippen LogP contribution in [0.4, 0.5) is 0 Å². The van der Waals surface area contributed by atoms with E-state index in [2.05, 4.69) is 4.90 Å². The summed E-state index contributed by atoms with van der Waals surface area (Å²) in [6.45, 7) is 2.41. The summed E-state index contributed by atoms with van der Waals surface area (Å²) >= 11 is 1.56. The van der Waals surface area contributed by atoms with Crippen LogP contribution in [-0.4, -0.2) is 29.8 Å². The van der Waals surface area contributed by atoms with E-state index < -0.39 is 0 Å². The molecule has 1 aliphatic heterocycles. The Morgan fingerprint density at radius 1 is 1.47 bits per heavy atom. The largest absolute Gasteiger partial charge is 0.300 e. The summed E-state index contributed by atoms with van der Waals surface area (Å²) in [5.74, 6) is 1.29. The minimum absolute atomic E-state index is 0.323. The summed E-state index contributed by atoms with van der Waals surface area (Å²) in [5.41, 5.74) is 0. The highest BCUT2D eigenvalue weighted by Gasteiger charge is 2.37. The number of piperidine rings is 1. The zero-order valence-electron chi connectivity index (χ0n) is 10.1. The third kappa shape index (κ3) is 2.45. The molecule has 1 aromatic rings. The van der Waals surface area contributed by atoms with Crippen LogP contribution in [0.1, 0.15) is 41.8 Å². The van der Waals surface area contributed by atoms with Crippen molar-refractivity contribution in [2.45, 2.75) is 38.1 Å². The van der Waals surface area contributed by atoms with Crippen LogP contribution in [0.5, 0.6) is 0 Å². The van der Waals surface area contributed by atoms with Gasteiger partial charge >= 0.3 is 0 Å². The Balaban J connectivity index is 1.42. The Morgan fingerprint density at radius 3 is 3.06 bits per heavy atom. The second kappa shape index (κ2) is 4.91. The third-order valence-corrected chi connectivity index (χ3v) is 5.08. The van der Waals surface area contributed by atoms with Crippen LogP contribution in [0.25, 0.3) is 0 Å². The molecule has 17 heavy (non-hydrogen) atoms. The highest BCUT2D eigenvalue weighted by molar-refractivity contribution is 7.12. The lowest BCUT2D eigenvalue weighted by molar-refractivity contribution is 0.0975. The van der Waals surface area contributed by atoms with Crippen LogP contribution >= 0.6 is 11.3 Å². The molecule has 92 valence electrons. The van der Waals surface area contributed by atoms with Gasteiger partial charge < -0.3 is 4.90 Å². The summed E-state index contributed by atoms with van der Waals surface area (Å²) in [6, 6.07) is 4.74. The van der Waals surface area contributed by atoms with Crippen LogP contribution in [-0.2, 0) is 0 Å². The average Bonchev–Trinajstić information content (AvgIpc) is 3.06. The van der Waals surface area contributed by atoms with Crippen molar-refractivity contribution in [3.8, 4) is 0 Å². The third-order valence-electron chi connectivity index (χ3n) is 4.17.